The van der Waals surface area contributed by atoms with Crippen molar-refractivity contribution in [2.24, 2.45) is 0 Å². The van der Waals surface area contributed by atoms with Crippen LogP contribution in [0.25, 0.3) is 21.9 Å². The van der Waals surface area contributed by atoms with Crippen molar-refractivity contribution >= 4 is 33.3 Å². The van der Waals surface area contributed by atoms with Crippen LogP contribution in [0.2, 0.25) is 0 Å². The maximum Gasteiger partial charge on any atom is 2.00 e. The SMILES string of the molecule is Nc1ccc2oc(=O)ccc2c1.Nc1ccc2oc(=O)ccc2c1.[Cl-].[Cl-].[Pt+2]. The Kier molecular flexibility index (Phi) is 9.87. The Bertz CT molecular complexity index is 1050. The van der Waals surface area contributed by atoms with Crippen LogP contribution in [0.5, 0.6) is 0 Å². The van der Waals surface area contributed by atoms with Gasteiger partial charge in [0.2, 0.25) is 0 Å². The van der Waals surface area contributed by atoms with Crippen molar-refractivity contribution in [3.8, 4) is 0 Å². The van der Waals surface area contributed by atoms with Crippen molar-refractivity contribution < 1.29 is 54.7 Å². The Balaban J connectivity index is 0.000000451. The fourth-order valence-electron chi connectivity index (χ4n) is 2.18. The Hall–Kier alpha value is -2.27. The van der Waals surface area contributed by atoms with Crippen LogP contribution >= 0.6 is 0 Å². The fourth-order valence-corrected chi connectivity index (χ4v) is 2.18. The van der Waals surface area contributed by atoms with Gasteiger partial charge < -0.3 is 45.1 Å². The molecule has 9 heteroatoms. The van der Waals surface area contributed by atoms with Crippen LogP contribution in [-0.4, -0.2) is 0 Å². The van der Waals surface area contributed by atoms with E-state index in [2.05, 4.69) is 0 Å². The largest absolute Gasteiger partial charge is 2.00 e. The van der Waals surface area contributed by atoms with E-state index in [-0.39, 0.29) is 57.1 Å². The van der Waals surface area contributed by atoms with E-state index in [9.17, 15) is 9.59 Å². The minimum atomic E-state index is -0.340. The third-order valence-electron chi connectivity index (χ3n) is 3.29. The van der Waals surface area contributed by atoms with Crippen LogP contribution < -0.4 is 47.5 Å². The van der Waals surface area contributed by atoms with Crippen molar-refractivity contribution in [2.75, 3.05) is 11.5 Å². The Morgan fingerprint density at radius 2 is 0.963 bits per heavy atom. The van der Waals surface area contributed by atoms with Gasteiger partial charge in [0.15, 0.2) is 0 Å². The van der Waals surface area contributed by atoms with Crippen LogP contribution in [0, 0.1) is 0 Å². The topological polar surface area (TPSA) is 112 Å². The molecule has 0 unspecified atom stereocenters. The van der Waals surface area contributed by atoms with Crippen molar-refractivity contribution in [2.45, 2.75) is 0 Å². The second kappa shape index (κ2) is 10.8. The zero-order valence-electron chi connectivity index (χ0n) is 13.6. The van der Waals surface area contributed by atoms with E-state index in [4.69, 9.17) is 20.3 Å². The van der Waals surface area contributed by atoms with E-state index >= 15 is 0 Å². The number of fused-ring (bicyclic) bond motifs is 2. The molecule has 4 N–H and O–H groups in total. The molecule has 144 valence electrons. The van der Waals surface area contributed by atoms with Crippen LogP contribution in [0.15, 0.2) is 79.1 Å². The monoisotopic (exact) mass is 587 g/mol. The van der Waals surface area contributed by atoms with Crippen LogP contribution in [-0.2, 0) is 21.1 Å². The standard InChI is InChI=1S/2C9H7NO2.2ClH.Pt/c2*10-7-2-3-8-6(5-7)1-4-9(11)12-8;;;/h2*1-5H,10H2;2*1H;/q;;;;+2/p-2. The summed E-state index contributed by atoms with van der Waals surface area (Å²) in [6, 6.07) is 16.4. The molecule has 4 rings (SSSR count). The summed E-state index contributed by atoms with van der Waals surface area (Å²) >= 11 is 0. The average molecular weight is 588 g/mol. The first kappa shape index (κ1) is 24.7. The van der Waals surface area contributed by atoms with Gasteiger partial charge in [-0.1, -0.05) is 0 Å². The van der Waals surface area contributed by atoms with Crippen molar-refractivity contribution in [3.05, 3.63) is 81.5 Å². The Morgan fingerprint density at radius 1 is 0.593 bits per heavy atom. The zero-order valence-corrected chi connectivity index (χ0v) is 17.4. The summed E-state index contributed by atoms with van der Waals surface area (Å²) in [6.07, 6.45) is 0. The maximum absolute atomic E-state index is 10.8. The van der Waals surface area contributed by atoms with Gasteiger partial charge >= 0.3 is 32.3 Å². The van der Waals surface area contributed by atoms with Gasteiger partial charge in [0.25, 0.3) is 0 Å². The number of benzene rings is 2. The molecule has 2 aromatic heterocycles. The molecule has 0 aliphatic rings. The molecule has 0 bridgehead atoms. The van der Waals surface area contributed by atoms with Crippen LogP contribution in [0.4, 0.5) is 11.4 Å². The molecule has 0 radical (unpaired) electrons. The predicted octanol–water partition coefficient (Wildman–Crippen LogP) is -3.24. The average Bonchev–Trinajstić information content (AvgIpc) is 2.56. The molecule has 0 saturated heterocycles. The molecular formula is C18H14Cl2N2O4Pt. The van der Waals surface area contributed by atoms with Gasteiger partial charge in [-0.05, 0) is 48.5 Å². The summed E-state index contributed by atoms with van der Waals surface area (Å²) in [5.74, 6) is 0. The van der Waals surface area contributed by atoms with Gasteiger partial charge in [0.05, 0.1) is 0 Å². The molecule has 0 spiro atoms. The van der Waals surface area contributed by atoms with Gasteiger partial charge in [-0.15, -0.1) is 0 Å². The molecule has 0 atom stereocenters. The number of halogens is 2. The second-order valence-corrected chi connectivity index (χ2v) is 5.10. The van der Waals surface area contributed by atoms with E-state index in [0.717, 1.165) is 10.8 Å². The van der Waals surface area contributed by atoms with Crippen molar-refractivity contribution in [3.63, 3.8) is 0 Å². The number of nitrogen functional groups attached to an aromatic ring is 2. The molecule has 2 heterocycles. The third kappa shape index (κ3) is 6.43. The normalized spacial score (nSPS) is 9.19. The molecule has 4 aromatic rings. The van der Waals surface area contributed by atoms with Gasteiger partial charge in [-0.3, -0.25) is 0 Å². The third-order valence-corrected chi connectivity index (χ3v) is 3.29. The summed E-state index contributed by atoms with van der Waals surface area (Å²) in [7, 11) is 0. The van der Waals surface area contributed by atoms with Crippen molar-refractivity contribution in [1.29, 1.82) is 0 Å². The van der Waals surface area contributed by atoms with Crippen LogP contribution in [0.3, 0.4) is 0 Å². The molecule has 2 aromatic carbocycles. The summed E-state index contributed by atoms with van der Waals surface area (Å²) in [6.45, 7) is 0. The summed E-state index contributed by atoms with van der Waals surface area (Å²) in [5, 5.41) is 1.68. The Morgan fingerprint density at radius 3 is 1.33 bits per heavy atom. The number of anilines is 2. The molecule has 6 nitrogen and oxygen atoms in total. The minimum absolute atomic E-state index is 0. The van der Waals surface area contributed by atoms with Crippen LogP contribution in [0.1, 0.15) is 0 Å². The van der Waals surface area contributed by atoms with Gasteiger partial charge in [-0.25, -0.2) is 9.59 Å². The van der Waals surface area contributed by atoms with Gasteiger partial charge in [-0.2, -0.15) is 0 Å². The smallest absolute Gasteiger partial charge is 1.00 e. The molecular weight excluding hydrogens is 574 g/mol. The molecule has 27 heavy (non-hydrogen) atoms. The molecule has 0 aliphatic carbocycles. The number of hydrogen-bond acceptors (Lipinski definition) is 6. The molecule has 0 fully saturated rings. The van der Waals surface area contributed by atoms with Gasteiger partial charge in [0.1, 0.15) is 11.2 Å². The molecule has 0 amide bonds. The van der Waals surface area contributed by atoms with E-state index < -0.39 is 0 Å². The van der Waals surface area contributed by atoms with E-state index in [1.54, 1.807) is 48.5 Å². The summed E-state index contributed by atoms with van der Waals surface area (Å²) < 4.78 is 9.81. The van der Waals surface area contributed by atoms with Gasteiger partial charge in [0, 0.05) is 34.3 Å². The van der Waals surface area contributed by atoms with E-state index in [1.165, 1.54) is 12.1 Å². The summed E-state index contributed by atoms with van der Waals surface area (Å²) in [4.78, 5) is 21.5. The zero-order chi connectivity index (χ0) is 17.1. The van der Waals surface area contributed by atoms with Crippen molar-refractivity contribution in [1.82, 2.24) is 0 Å². The minimum Gasteiger partial charge on any atom is -1.00 e. The maximum atomic E-state index is 10.8. The van der Waals surface area contributed by atoms with E-state index in [0.29, 0.717) is 22.5 Å². The first-order chi connectivity index (χ1) is 11.5. The molecule has 0 saturated carbocycles. The fraction of sp³-hybridized carbons (Fsp3) is 0. The quantitative estimate of drug-likeness (QED) is 0.165. The first-order valence-electron chi connectivity index (χ1n) is 7.10. The van der Waals surface area contributed by atoms with E-state index in [1.807, 2.05) is 0 Å². The molecule has 0 aliphatic heterocycles. The number of hydrogen-bond donors (Lipinski definition) is 2. The first-order valence-corrected chi connectivity index (χ1v) is 7.10. The predicted molar refractivity (Wildman–Crippen MR) is 93.8 cm³/mol. The number of nitrogens with two attached hydrogens (primary N) is 2. The summed E-state index contributed by atoms with van der Waals surface area (Å²) in [5.41, 5.74) is 12.9. The Labute approximate surface area is 180 Å². The number of rotatable bonds is 0. The second-order valence-electron chi connectivity index (χ2n) is 5.10.